The highest BCUT2D eigenvalue weighted by Gasteiger charge is 2.25. The Hall–Kier alpha value is -1.92. The van der Waals surface area contributed by atoms with Gasteiger partial charge >= 0.3 is 11.8 Å². The lowest BCUT2D eigenvalue weighted by Crippen LogP contribution is -2.43. The maximum absolute atomic E-state index is 11.9. The van der Waals surface area contributed by atoms with Gasteiger partial charge in [0.05, 0.1) is 6.61 Å². The number of amides is 2. The molecular weight excluding hydrogens is 282 g/mol. The van der Waals surface area contributed by atoms with E-state index in [2.05, 4.69) is 15.5 Å². The first kappa shape index (κ1) is 16.5. The number of hydrogen-bond donors (Lipinski definition) is 2. The van der Waals surface area contributed by atoms with E-state index in [9.17, 15) is 9.59 Å². The second-order valence-electron chi connectivity index (χ2n) is 5.58. The molecule has 2 N–H and O–H groups in total. The van der Waals surface area contributed by atoms with Crippen molar-refractivity contribution in [3.63, 3.8) is 0 Å². The molecule has 120 valence electrons. The van der Waals surface area contributed by atoms with Crippen molar-refractivity contribution < 1.29 is 14.3 Å². The van der Waals surface area contributed by atoms with Crippen LogP contribution in [0.4, 0.5) is 5.69 Å². The molecule has 6 heteroatoms. The molecule has 1 aromatic carbocycles. The van der Waals surface area contributed by atoms with Gasteiger partial charge in [-0.15, -0.1) is 0 Å². The standard InChI is InChI=1S/C16H23N3O3/c1-12-4-3-5-13(10-12)17-15(20)16(21)18-14-6-7-19(11-14)8-9-22-2/h3-5,10,14H,6-9,11H2,1-2H3,(H,17,20)(H,18,21)/t14-/m0/s1. The van der Waals surface area contributed by atoms with Gasteiger partial charge in [0.25, 0.3) is 0 Å². The number of aryl methyl sites for hydroxylation is 1. The van der Waals surface area contributed by atoms with E-state index in [-0.39, 0.29) is 6.04 Å². The molecule has 2 amide bonds. The van der Waals surface area contributed by atoms with Crippen molar-refractivity contribution in [1.82, 2.24) is 10.2 Å². The van der Waals surface area contributed by atoms with Gasteiger partial charge in [0.15, 0.2) is 0 Å². The van der Waals surface area contributed by atoms with Gasteiger partial charge < -0.3 is 15.4 Å². The summed E-state index contributed by atoms with van der Waals surface area (Å²) in [6, 6.07) is 7.39. The summed E-state index contributed by atoms with van der Waals surface area (Å²) in [6.07, 6.45) is 0.854. The third-order valence-corrected chi connectivity index (χ3v) is 3.70. The highest BCUT2D eigenvalue weighted by molar-refractivity contribution is 6.39. The van der Waals surface area contributed by atoms with Gasteiger partial charge in [0, 0.05) is 38.5 Å². The fourth-order valence-electron chi connectivity index (χ4n) is 2.54. The van der Waals surface area contributed by atoms with Crippen molar-refractivity contribution in [2.24, 2.45) is 0 Å². The summed E-state index contributed by atoms with van der Waals surface area (Å²) in [5.74, 6) is -1.21. The molecule has 2 rings (SSSR count). The number of carbonyl (C=O) groups is 2. The monoisotopic (exact) mass is 305 g/mol. The van der Waals surface area contributed by atoms with Gasteiger partial charge in [-0.1, -0.05) is 12.1 Å². The van der Waals surface area contributed by atoms with Crippen LogP contribution >= 0.6 is 0 Å². The van der Waals surface area contributed by atoms with Gasteiger partial charge in [-0.2, -0.15) is 0 Å². The van der Waals surface area contributed by atoms with Crippen molar-refractivity contribution in [2.45, 2.75) is 19.4 Å². The van der Waals surface area contributed by atoms with Gasteiger partial charge in [0.1, 0.15) is 0 Å². The Kier molecular flexibility index (Phi) is 5.91. The Bertz CT molecular complexity index is 533. The number of methoxy groups -OCH3 is 1. The van der Waals surface area contributed by atoms with Crippen molar-refractivity contribution in [3.05, 3.63) is 29.8 Å². The zero-order chi connectivity index (χ0) is 15.9. The number of likely N-dealkylation sites (tertiary alicyclic amines) is 1. The van der Waals surface area contributed by atoms with E-state index in [1.165, 1.54) is 0 Å². The van der Waals surface area contributed by atoms with Crippen LogP contribution < -0.4 is 10.6 Å². The minimum absolute atomic E-state index is 0.0209. The second kappa shape index (κ2) is 7.91. The highest BCUT2D eigenvalue weighted by Crippen LogP contribution is 2.10. The SMILES string of the molecule is COCCN1CC[C@H](NC(=O)C(=O)Nc2cccc(C)c2)C1. The lowest BCUT2D eigenvalue weighted by atomic mass is 10.2. The Morgan fingerprint density at radius 1 is 1.36 bits per heavy atom. The Balaban J connectivity index is 1.78. The van der Waals surface area contributed by atoms with Crippen molar-refractivity contribution in [3.8, 4) is 0 Å². The number of carbonyl (C=O) groups excluding carboxylic acids is 2. The first-order valence-corrected chi connectivity index (χ1v) is 7.48. The van der Waals surface area contributed by atoms with Crippen LogP contribution in [0.2, 0.25) is 0 Å². The molecule has 1 heterocycles. The molecule has 0 radical (unpaired) electrons. The summed E-state index contributed by atoms with van der Waals surface area (Å²) in [5, 5.41) is 5.40. The minimum atomic E-state index is -0.624. The van der Waals surface area contributed by atoms with Crippen molar-refractivity contribution in [1.29, 1.82) is 0 Å². The number of ether oxygens (including phenoxy) is 1. The second-order valence-corrected chi connectivity index (χ2v) is 5.58. The first-order chi connectivity index (χ1) is 10.6. The predicted molar refractivity (Wildman–Crippen MR) is 84.7 cm³/mol. The average molecular weight is 305 g/mol. The number of benzene rings is 1. The summed E-state index contributed by atoms with van der Waals surface area (Å²) < 4.78 is 5.04. The summed E-state index contributed by atoms with van der Waals surface area (Å²) >= 11 is 0. The van der Waals surface area contributed by atoms with Crippen LogP contribution in [-0.2, 0) is 14.3 Å². The normalized spacial score (nSPS) is 18.2. The zero-order valence-electron chi connectivity index (χ0n) is 13.1. The van der Waals surface area contributed by atoms with Crippen molar-refractivity contribution in [2.75, 3.05) is 38.7 Å². The Morgan fingerprint density at radius 3 is 2.91 bits per heavy atom. The van der Waals surface area contributed by atoms with Crippen LogP contribution in [0.5, 0.6) is 0 Å². The molecule has 0 aromatic heterocycles. The molecule has 0 unspecified atom stereocenters. The molecule has 6 nitrogen and oxygen atoms in total. The molecule has 1 aliphatic heterocycles. The van der Waals surface area contributed by atoms with Gasteiger partial charge in [0.2, 0.25) is 0 Å². The molecule has 0 bridgehead atoms. The molecule has 0 saturated carbocycles. The molecule has 1 atom stereocenters. The topological polar surface area (TPSA) is 70.7 Å². The number of hydrogen-bond acceptors (Lipinski definition) is 4. The van der Waals surface area contributed by atoms with E-state index in [0.717, 1.165) is 31.6 Å². The van der Waals surface area contributed by atoms with Crippen LogP contribution in [0, 0.1) is 6.92 Å². The van der Waals surface area contributed by atoms with E-state index in [0.29, 0.717) is 12.3 Å². The van der Waals surface area contributed by atoms with Crippen LogP contribution in [-0.4, -0.2) is 56.1 Å². The number of nitrogens with zero attached hydrogens (tertiary/aromatic N) is 1. The fraction of sp³-hybridized carbons (Fsp3) is 0.500. The Morgan fingerprint density at radius 2 is 2.18 bits per heavy atom. The third kappa shape index (κ3) is 4.82. The fourth-order valence-corrected chi connectivity index (χ4v) is 2.54. The number of rotatable bonds is 5. The maximum atomic E-state index is 11.9. The summed E-state index contributed by atoms with van der Waals surface area (Å²) in [6.45, 7) is 5.12. The van der Waals surface area contributed by atoms with Crippen LogP contribution in [0.15, 0.2) is 24.3 Å². The smallest absolute Gasteiger partial charge is 0.313 e. The third-order valence-electron chi connectivity index (χ3n) is 3.70. The van der Waals surface area contributed by atoms with E-state index < -0.39 is 11.8 Å². The summed E-state index contributed by atoms with van der Waals surface area (Å²) in [4.78, 5) is 26.1. The summed E-state index contributed by atoms with van der Waals surface area (Å²) in [5.41, 5.74) is 1.66. The van der Waals surface area contributed by atoms with Gasteiger partial charge in [-0.3, -0.25) is 14.5 Å². The lowest BCUT2D eigenvalue weighted by molar-refractivity contribution is -0.136. The van der Waals surface area contributed by atoms with E-state index in [1.54, 1.807) is 13.2 Å². The highest BCUT2D eigenvalue weighted by atomic mass is 16.5. The minimum Gasteiger partial charge on any atom is -0.383 e. The molecule has 1 fully saturated rings. The van der Waals surface area contributed by atoms with Crippen LogP contribution in [0.25, 0.3) is 0 Å². The van der Waals surface area contributed by atoms with E-state index in [1.807, 2.05) is 25.1 Å². The Labute approximate surface area is 130 Å². The number of nitrogens with one attached hydrogen (secondary N) is 2. The van der Waals surface area contributed by atoms with Crippen molar-refractivity contribution >= 4 is 17.5 Å². The average Bonchev–Trinajstić information content (AvgIpc) is 2.92. The van der Waals surface area contributed by atoms with E-state index in [4.69, 9.17) is 4.74 Å². The summed E-state index contributed by atoms with van der Waals surface area (Å²) in [7, 11) is 1.67. The molecule has 1 saturated heterocycles. The zero-order valence-corrected chi connectivity index (χ0v) is 13.1. The first-order valence-electron chi connectivity index (χ1n) is 7.48. The molecule has 0 spiro atoms. The number of anilines is 1. The van der Waals surface area contributed by atoms with Crippen LogP contribution in [0.3, 0.4) is 0 Å². The molecule has 1 aromatic rings. The van der Waals surface area contributed by atoms with E-state index >= 15 is 0 Å². The predicted octanol–water partition coefficient (Wildman–Crippen LogP) is 0.770. The quantitative estimate of drug-likeness (QED) is 0.788. The van der Waals surface area contributed by atoms with Gasteiger partial charge in [-0.25, -0.2) is 0 Å². The molecule has 22 heavy (non-hydrogen) atoms. The van der Waals surface area contributed by atoms with Crippen LogP contribution in [0.1, 0.15) is 12.0 Å². The molecular formula is C16H23N3O3. The molecule has 0 aliphatic carbocycles. The maximum Gasteiger partial charge on any atom is 0.313 e. The largest absolute Gasteiger partial charge is 0.383 e. The lowest BCUT2D eigenvalue weighted by Gasteiger charge is -2.16. The molecule has 1 aliphatic rings. The van der Waals surface area contributed by atoms with Gasteiger partial charge in [-0.05, 0) is 31.0 Å².